The molecule has 2 aromatic carbocycles. The van der Waals surface area contributed by atoms with E-state index >= 15 is 0 Å². The Labute approximate surface area is 158 Å². The summed E-state index contributed by atoms with van der Waals surface area (Å²) in [7, 11) is 0. The molecule has 0 fully saturated rings. The first kappa shape index (κ1) is 18.3. The molecule has 0 bridgehead atoms. The highest BCUT2D eigenvalue weighted by molar-refractivity contribution is 6.08. The Balaban J connectivity index is 1.76. The molecular formula is C22H21N3O2. The molecule has 2 amide bonds. The second kappa shape index (κ2) is 7.83. The maximum atomic E-state index is 12.5. The molecule has 0 radical (unpaired) electrons. The van der Waals surface area contributed by atoms with Crippen LogP contribution in [0.5, 0.6) is 0 Å². The lowest BCUT2D eigenvalue weighted by Gasteiger charge is -2.10. The van der Waals surface area contributed by atoms with E-state index in [1.807, 2.05) is 63.2 Å². The zero-order valence-electron chi connectivity index (χ0n) is 15.5. The van der Waals surface area contributed by atoms with Gasteiger partial charge in [0.1, 0.15) is 0 Å². The number of hydrogen-bond donors (Lipinski definition) is 2. The number of benzene rings is 2. The van der Waals surface area contributed by atoms with Crippen LogP contribution in [0.15, 0.2) is 60.9 Å². The minimum Gasteiger partial charge on any atom is -0.322 e. The molecule has 0 unspecified atom stereocenters. The van der Waals surface area contributed by atoms with E-state index in [-0.39, 0.29) is 11.8 Å². The van der Waals surface area contributed by atoms with Gasteiger partial charge in [0.2, 0.25) is 0 Å². The van der Waals surface area contributed by atoms with Gasteiger partial charge in [-0.15, -0.1) is 0 Å². The Morgan fingerprint density at radius 1 is 0.741 bits per heavy atom. The Hall–Kier alpha value is -3.47. The van der Waals surface area contributed by atoms with E-state index in [1.165, 1.54) is 18.5 Å². The van der Waals surface area contributed by atoms with E-state index in [2.05, 4.69) is 15.6 Å². The highest BCUT2D eigenvalue weighted by atomic mass is 16.2. The van der Waals surface area contributed by atoms with E-state index in [4.69, 9.17) is 0 Å². The summed E-state index contributed by atoms with van der Waals surface area (Å²) in [6, 6.07) is 14.8. The number of anilines is 2. The summed E-state index contributed by atoms with van der Waals surface area (Å²) in [6.45, 7) is 5.92. The highest BCUT2D eigenvalue weighted by Gasteiger charge is 2.13. The summed E-state index contributed by atoms with van der Waals surface area (Å²) >= 11 is 0. The summed E-state index contributed by atoms with van der Waals surface area (Å²) < 4.78 is 0. The van der Waals surface area contributed by atoms with Crippen molar-refractivity contribution in [2.45, 2.75) is 20.8 Å². The number of para-hydroxylation sites is 1. The van der Waals surface area contributed by atoms with Gasteiger partial charge in [-0.1, -0.05) is 24.3 Å². The number of rotatable bonds is 4. The Bertz CT molecular complexity index is 1010. The topological polar surface area (TPSA) is 71.1 Å². The quantitative estimate of drug-likeness (QED) is 0.720. The van der Waals surface area contributed by atoms with Crippen LogP contribution in [-0.2, 0) is 0 Å². The molecule has 0 saturated heterocycles. The summed E-state index contributed by atoms with van der Waals surface area (Å²) in [6.07, 6.45) is 2.89. The number of amides is 2. The fraction of sp³-hybridized carbons (Fsp3) is 0.136. The summed E-state index contributed by atoms with van der Waals surface area (Å²) in [5, 5.41) is 5.69. The molecule has 0 aliphatic heterocycles. The molecule has 3 aromatic rings. The van der Waals surface area contributed by atoms with E-state index in [0.717, 1.165) is 22.4 Å². The van der Waals surface area contributed by atoms with Crippen molar-refractivity contribution < 1.29 is 9.59 Å². The molecule has 27 heavy (non-hydrogen) atoms. The number of aryl methyl sites for hydroxylation is 3. The number of pyridine rings is 1. The first-order valence-electron chi connectivity index (χ1n) is 8.64. The first-order valence-corrected chi connectivity index (χ1v) is 8.64. The lowest BCUT2D eigenvalue weighted by atomic mass is 10.1. The Morgan fingerprint density at radius 2 is 1.41 bits per heavy atom. The smallest absolute Gasteiger partial charge is 0.257 e. The summed E-state index contributed by atoms with van der Waals surface area (Å²) in [5.41, 5.74) is 5.30. The number of hydrogen-bond acceptors (Lipinski definition) is 3. The zero-order valence-corrected chi connectivity index (χ0v) is 15.5. The fourth-order valence-electron chi connectivity index (χ4n) is 2.62. The third kappa shape index (κ3) is 4.39. The predicted molar refractivity (Wildman–Crippen MR) is 107 cm³/mol. The van der Waals surface area contributed by atoms with Crippen LogP contribution in [0, 0.1) is 20.8 Å². The maximum absolute atomic E-state index is 12.5. The molecule has 0 aliphatic carbocycles. The highest BCUT2D eigenvalue weighted by Crippen LogP contribution is 2.17. The predicted octanol–water partition coefficient (Wildman–Crippen LogP) is 4.51. The zero-order chi connectivity index (χ0) is 19.4. The minimum atomic E-state index is -0.309. The molecule has 0 spiro atoms. The summed E-state index contributed by atoms with van der Waals surface area (Å²) in [5.74, 6) is -0.617. The van der Waals surface area contributed by atoms with Gasteiger partial charge in [0.25, 0.3) is 11.8 Å². The van der Waals surface area contributed by atoms with Gasteiger partial charge in [-0.3, -0.25) is 14.6 Å². The monoisotopic (exact) mass is 359 g/mol. The lowest BCUT2D eigenvalue weighted by molar-refractivity contribution is 0.102. The van der Waals surface area contributed by atoms with Crippen LogP contribution in [0.4, 0.5) is 11.4 Å². The molecule has 3 rings (SSSR count). The summed E-state index contributed by atoms with van der Waals surface area (Å²) in [4.78, 5) is 29.1. The van der Waals surface area contributed by atoms with Crippen molar-refractivity contribution in [3.05, 3.63) is 88.7 Å². The van der Waals surface area contributed by atoms with Crippen LogP contribution in [-0.4, -0.2) is 16.8 Å². The van der Waals surface area contributed by atoms with Crippen molar-refractivity contribution in [2.75, 3.05) is 10.6 Å². The van der Waals surface area contributed by atoms with Crippen molar-refractivity contribution in [1.29, 1.82) is 0 Å². The SMILES string of the molecule is Cc1ccc(NC(=O)c2cncc(C(=O)Nc3ccccc3C)c2)cc1C. The number of carbonyl (C=O) groups is 2. The average Bonchev–Trinajstić information content (AvgIpc) is 2.66. The molecular weight excluding hydrogens is 338 g/mol. The number of nitrogens with zero attached hydrogens (tertiary/aromatic N) is 1. The standard InChI is InChI=1S/C22H21N3O2/c1-14-8-9-19(10-16(14)3)24-21(26)17-11-18(13-23-12-17)22(27)25-20-7-5-4-6-15(20)2/h4-13H,1-3H3,(H,24,26)(H,25,27). The van der Waals surface area contributed by atoms with Gasteiger partial charge < -0.3 is 10.6 Å². The van der Waals surface area contributed by atoms with E-state index in [9.17, 15) is 9.59 Å². The van der Waals surface area contributed by atoms with Crippen LogP contribution in [0.1, 0.15) is 37.4 Å². The maximum Gasteiger partial charge on any atom is 0.257 e. The first-order chi connectivity index (χ1) is 12.9. The third-order valence-corrected chi connectivity index (χ3v) is 4.42. The number of aromatic nitrogens is 1. The molecule has 0 atom stereocenters. The molecule has 1 aromatic heterocycles. The van der Waals surface area contributed by atoms with Crippen molar-refractivity contribution in [1.82, 2.24) is 4.98 Å². The van der Waals surface area contributed by atoms with Gasteiger partial charge in [-0.25, -0.2) is 0 Å². The van der Waals surface area contributed by atoms with E-state index in [0.29, 0.717) is 16.8 Å². The lowest BCUT2D eigenvalue weighted by Crippen LogP contribution is -2.16. The third-order valence-electron chi connectivity index (χ3n) is 4.42. The number of carbonyl (C=O) groups excluding carboxylic acids is 2. The fourth-order valence-corrected chi connectivity index (χ4v) is 2.62. The Kier molecular flexibility index (Phi) is 5.31. The molecule has 0 saturated carbocycles. The van der Waals surface area contributed by atoms with Gasteiger partial charge in [-0.05, 0) is 61.7 Å². The van der Waals surface area contributed by atoms with E-state index < -0.39 is 0 Å². The largest absolute Gasteiger partial charge is 0.322 e. The van der Waals surface area contributed by atoms with Crippen LogP contribution in [0.3, 0.4) is 0 Å². The van der Waals surface area contributed by atoms with Gasteiger partial charge in [0.05, 0.1) is 11.1 Å². The second-order valence-electron chi connectivity index (χ2n) is 6.48. The van der Waals surface area contributed by atoms with Gasteiger partial charge in [0, 0.05) is 23.8 Å². The Morgan fingerprint density at radius 3 is 2.07 bits per heavy atom. The number of nitrogens with one attached hydrogen (secondary N) is 2. The van der Waals surface area contributed by atoms with Gasteiger partial charge in [0.15, 0.2) is 0 Å². The minimum absolute atomic E-state index is 0.308. The van der Waals surface area contributed by atoms with Crippen LogP contribution in [0.2, 0.25) is 0 Å². The van der Waals surface area contributed by atoms with Crippen LogP contribution < -0.4 is 10.6 Å². The molecule has 5 nitrogen and oxygen atoms in total. The normalized spacial score (nSPS) is 10.3. The molecule has 136 valence electrons. The van der Waals surface area contributed by atoms with Crippen LogP contribution >= 0.6 is 0 Å². The second-order valence-corrected chi connectivity index (χ2v) is 6.48. The van der Waals surface area contributed by atoms with Crippen LogP contribution in [0.25, 0.3) is 0 Å². The van der Waals surface area contributed by atoms with Crippen molar-refractivity contribution in [2.24, 2.45) is 0 Å². The van der Waals surface area contributed by atoms with Crippen molar-refractivity contribution >= 4 is 23.2 Å². The average molecular weight is 359 g/mol. The van der Waals surface area contributed by atoms with E-state index in [1.54, 1.807) is 0 Å². The molecule has 1 heterocycles. The van der Waals surface area contributed by atoms with Crippen molar-refractivity contribution in [3.8, 4) is 0 Å². The molecule has 0 aliphatic rings. The molecule has 2 N–H and O–H groups in total. The van der Waals surface area contributed by atoms with Crippen molar-refractivity contribution in [3.63, 3.8) is 0 Å². The van der Waals surface area contributed by atoms with Gasteiger partial charge in [-0.2, -0.15) is 0 Å². The van der Waals surface area contributed by atoms with Gasteiger partial charge >= 0.3 is 0 Å². The molecule has 5 heteroatoms.